The molecule has 3 nitrogen and oxygen atoms in total. The van der Waals surface area contributed by atoms with Gasteiger partial charge in [-0.1, -0.05) is 31.5 Å². The highest BCUT2D eigenvalue weighted by Crippen LogP contribution is 2.28. The van der Waals surface area contributed by atoms with Crippen LogP contribution in [-0.4, -0.2) is 11.5 Å². The molecule has 0 saturated carbocycles. The van der Waals surface area contributed by atoms with Gasteiger partial charge >= 0.3 is 0 Å². The molecule has 0 bridgehead atoms. The third kappa shape index (κ3) is 5.45. The van der Waals surface area contributed by atoms with Crippen LogP contribution in [0.2, 0.25) is 5.02 Å². The Morgan fingerprint density at radius 1 is 1.33 bits per heavy atom. The molecule has 1 N–H and O–H groups in total. The number of nitrogens with zero attached hydrogens (tertiary/aromatic N) is 1. The van der Waals surface area contributed by atoms with Crippen LogP contribution in [0, 0.1) is 9.49 Å². The summed E-state index contributed by atoms with van der Waals surface area (Å²) in [7, 11) is 0. The van der Waals surface area contributed by atoms with Gasteiger partial charge in [-0.3, -0.25) is 0 Å². The second kappa shape index (κ2) is 7.96. The summed E-state index contributed by atoms with van der Waals surface area (Å²) in [5.74, 6) is 1.80. The van der Waals surface area contributed by atoms with Gasteiger partial charge in [0.2, 0.25) is 5.88 Å². The maximum Gasteiger partial charge on any atom is 0.238 e. The summed E-state index contributed by atoms with van der Waals surface area (Å²) in [6, 6.07) is 9.67. The number of ether oxygens (including phenoxy) is 1. The van der Waals surface area contributed by atoms with Gasteiger partial charge in [0.25, 0.3) is 0 Å². The van der Waals surface area contributed by atoms with Gasteiger partial charge in [-0.15, -0.1) is 0 Å². The van der Waals surface area contributed by atoms with E-state index in [-0.39, 0.29) is 0 Å². The standard InChI is InChI=1S/C16H18ClIN2O/c1-11(2)8-19-9-12-6-15(17)16(20-10-12)21-14-5-3-4-13(18)7-14/h3-7,10-11,19H,8-9H2,1-2H3. The molecule has 2 aromatic rings. The molecule has 1 heterocycles. The first-order chi connectivity index (χ1) is 10.0. The molecule has 112 valence electrons. The lowest BCUT2D eigenvalue weighted by Crippen LogP contribution is -2.19. The van der Waals surface area contributed by atoms with Gasteiger partial charge < -0.3 is 10.1 Å². The van der Waals surface area contributed by atoms with Gasteiger partial charge in [0.05, 0.1) is 0 Å². The maximum absolute atomic E-state index is 6.24. The van der Waals surface area contributed by atoms with E-state index in [0.29, 0.717) is 16.8 Å². The Morgan fingerprint density at radius 2 is 2.14 bits per heavy atom. The molecule has 0 saturated heterocycles. The summed E-state index contributed by atoms with van der Waals surface area (Å²) >= 11 is 8.48. The minimum atomic E-state index is 0.436. The zero-order valence-corrected chi connectivity index (χ0v) is 15.0. The zero-order valence-electron chi connectivity index (χ0n) is 12.1. The minimum absolute atomic E-state index is 0.436. The Hall–Kier alpha value is -0.850. The lowest BCUT2D eigenvalue weighted by Gasteiger charge is -2.10. The largest absolute Gasteiger partial charge is 0.438 e. The summed E-state index contributed by atoms with van der Waals surface area (Å²) in [4.78, 5) is 4.30. The van der Waals surface area contributed by atoms with Crippen LogP contribution in [0.4, 0.5) is 0 Å². The van der Waals surface area contributed by atoms with E-state index in [2.05, 4.69) is 46.7 Å². The molecule has 5 heteroatoms. The SMILES string of the molecule is CC(C)CNCc1cnc(Oc2cccc(I)c2)c(Cl)c1. The topological polar surface area (TPSA) is 34.2 Å². The molecule has 0 atom stereocenters. The Labute approximate surface area is 144 Å². The highest BCUT2D eigenvalue weighted by Gasteiger charge is 2.07. The number of rotatable bonds is 6. The van der Waals surface area contributed by atoms with Gasteiger partial charge in [0.15, 0.2) is 0 Å². The number of benzene rings is 1. The van der Waals surface area contributed by atoms with Crippen molar-refractivity contribution in [1.29, 1.82) is 0 Å². The lowest BCUT2D eigenvalue weighted by atomic mass is 10.2. The zero-order chi connectivity index (χ0) is 15.2. The average molecular weight is 417 g/mol. The first-order valence-corrected chi connectivity index (χ1v) is 8.29. The van der Waals surface area contributed by atoms with Crippen LogP contribution >= 0.6 is 34.2 Å². The molecule has 0 aliphatic heterocycles. The fraction of sp³-hybridized carbons (Fsp3) is 0.312. The molecule has 0 spiro atoms. The van der Waals surface area contributed by atoms with Gasteiger partial charge in [-0.05, 0) is 64.9 Å². The molecule has 0 aliphatic carbocycles. The van der Waals surface area contributed by atoms with Crippen molar-refractivity contribution in [2.45, 2.75) is 20.4 Å². The highest BCUT2D eigenvalue weighted by molar-refractivity contribution is 14.1. The van der Waals surface area contributed by atoms with Crippen molar-refractivity contribution in [2.75, 3.05) is 6.54 Å². The first-order valence-electron chi connectivity index (χ1n) is 6.83. The second-order valence-electron chi connectivity index (χ2n) is 5.21. The van der Waals surface area contributed by atoms with Crippen LogP contribution in [0.5, 0.6) is 11.6 Å². The van der Waals surface area contributed by atoms with E-state index in [1.165, 1.54) is 0 Å². The van der Waals surface area contributed by atoms with Crippen molar-refractivity contribution in [3.8, 4) is 11.6 Å². The fourth-order valence-corrected chi connectivity index (χ4v) is 2.53. The number of hydrogen-bond acceptors (Lipinski definition) is 3. The molecule has 0 fully saturated rings. The van der Waals surface area contributed by atoms with Crippen LogP contribution < -0.4 is 10.1 Å². The summed E-state index contributed by atoms with van der Waals surface area (Å²) in [5, 5.41) is 3.89. The molecule has 1 aromatic carbocycles. The number of nitrogens with one attached hydrogen (secondary N) is 1. The van der Waals surface area contributed by atoms with E-state index in [1.807, 2.05) is 30.3 Å². The molecule has 0 amide bonds. The number of pyridine rings is 1. The number of hydrogen-bond donors (Lipinski definition) is 1. The van der Waals surface area contributed by atoms with Gasteiger partial charge in [-0.2, -0.15) is 0 Å². The molecule has 2 rings (SSSR count). The van der Waals surface area contributed by atoms with Gasteiger partial charge in [0, 0.05) is 16.3 Å². The fourth-order valence-electron chi connectivity index (χ4n) is 1.78. The van der Waals surface area contributed by atoms with E-state index < -0.39 is 0 Å². The van der Waals surface area contributed by atoms with E-state index in [1.54, 1.807) is 6.20 Å². The van der Waals surface area contributed by atoms with Gasteiger partial charge in [-0.25, -0.2) is 4.98 Å². The van der Waals surface area contributed by atoms with E-state index in [9.17, 15) is 0 Å². The summed E-state index contributed by atoms with van der Waals surface area (Å²) in [5.41, 5.74) is 1.05. The Morgan fingerprint density at radius 3 is 2.81 bits per heavy atom. The quantitative estimate of drug-likeness (QED) is 0.682. The van der Waals surface area contributed by atoms with Crippen molar-refractivity contribution < 1.29 is 4.74 Å². The van der Waals surface area contributed by atoms with Gasteiger partial charge in [0.1, 0.15) is 10.8 Å². The van der Waals surface area contributed by atoms with E-state index >= 15 is 0 Å². The molecule has 1 aromatic heterocycles. The summed E-state index contributed by atoms with van der Waals surface area (Å²) in [6.07, 6.45) is 1.79. The maximum atomic E-state index is 6.24. The Kier molecular flexibility index (Phi) is 6.26. The monoisotopic (exact) mass is 416 g/mol. The van der Waals surface area contributed by atoms with Crippen molar-refractivity contribution in [3.63, 3.8) is 0 Å². The normalized spacial score (nSPS) is 10.9. The predicted molar refractivity (Wildman–Crippen MR) is 95.0 cm³/mol. The average Bonchev–Trinajstić information content (AvgIpc) is 2.41. The number of halogens is 2. The lowest BCUT2D eigenvalue weighted by molar-refractivity contribution is 0.462. The van der Waals surface area contributed by atoms with Crippen LogP contribution in [0.15, 0.2) is 36.5 Å². The van der Waals surface area contributed by atoms with Crippen LogP contribution in [-0.2, 0) is 6.54 Å². The summed E-state index contributed by atoms with van der Waals surface area (Å²) in [6.45, 7) is 6.08. The van der Waals surface area contributed by atoms with E-state index in [0.717, 1.165) is 28.0 Å². The van der Waals surface area contributed by atoms with Crippen LogP contribution in [0.25, 0.3) is 0 Å². The highest BCUT2D eigenvalue weighted by atomic mass is 127. The van der Waals surface area contributed by atoms with Crippen LogP contribution in [0.3, 0.4) is 0 Å². The number of aromatic nitrogens is 1. The summed E-state index contributed by atoms with van der Waals surface area (Å²) < 4.78 is 6.83. The molecular weight excluding hydrogens is 399 g/mol. The Balaban J connectivity index is 2.02. The van der Waals surface area contributed by atoms with E-state index in [4.69, 9.17) is 16.3 Å². The molecule has 0 unspecified atom stereocenters. The third-order valence-corrected chi connectivity index (χ3v) is 3.70. The third-order valence-electron chi connectivity index (χ3n) is 2.76. The molecular formula is C16H18ClIN2O. The van der Waals surface area contributed by atoms with Crippen LogP contribution in [0.1, 0.15) is 19.4 Å². The molecule has 21 heavy (non-hydrogen) atoms. The molecule has 0 radical (unpaired) electrons. The first kappa shape index (κ1) is 16.5. The van der Waals surface area contributed by atoms with Crippen molar-refractivity contribution in [3.05, 3.63) is 50.7 Å². The Bertz CT molecular complexity index is 605. The van der Waals surface area contributed by atoms with Crippen molar-refractivity contribution in [1.82, 2.24) is 10.3 Å². The smallest absolute Gasteiger partial charge is 0.238 e. The van der Waals surface area contributed by atoms with Crippen molar-refractivity contribution >= 4 is 34.2 Å². The van der Waals surface area contributed by atoms with Crippen molar-refractivity contribution in [2.24, 2.45) is 5.92 Å². The second-order valence-corrected chi connectivity index (χ2v) is 6.87. The predicted octanol–water partition coefficient (Wildman–Crippen LogP) is 4.88. The minimum Gasteiger partial charge on any atom is -0.438 e. The molecule has 0 aliphatic rings.